The first-order valence-electron chi connectivity index (χ1n) is 6.97. The van der Waals surface area contributed by atoms with Crippen LogP contribution < -0.4 is 0 Å². The van der Waals surface area contributed by atoms with Gasteiger partial charge in [0.25, 0.3) is 0 Å². The maximum absolute atomic E-state index is 11.2. The Morgan fingerprint density at radius 2 is 2.06 bits per heavy atom. The van der Waals surface area contributed by atoms with Crippen LogP contribution in [0.2, 0.25) is 0 Å². The van der Waals surface area contributed by atoms with Gasteiger partial charge in [-0.3, -0.25) is 14.6 Å². The summed E-state index contributed by atoms with van der Waals surface area (Å²) in [5.74, 6) is -0.705. The Labute approximate surface area is 109 Å². The van der Waals surface area contributed by atoms with Crippen LogP contribution in [0.3, 0.4) is 0 Å². The van der Waals surface area contributed by atoms with Crippen molar-refractivity contribution in [2.75, 3.05) is 39.4 Å². The van der Waals surface area contributed by atoms with Gasteiger partial charge in [-0.2, -0.15) is 0 Å². The highest BCUT2D eigenvalue weighted by Crippen LogP contribution is 2.21. The molecule has 0 spiro atoms. The predicted octanol–water partition coefficient (Wildman–Crippen LogP) is 0.646. The number of rotatable bonds is 4. The lowest BCUT2D eigenvalue weighted by Crippen LogP contribution is -2.54. The van der Waals surface area contributed by atoms with Crippen molar-refractivity contribution >= 4 is 5.97 Å². The van der Waals surface area contributed by atoms with E-state index in [2.05, 4.69) is 9.80 Å². The molecular formula is C13H24N2O3. The van der Waals surface area contributed by atoms with Crippen LogP contribution in [0.5, 0.6) is 0 Å². The van der Waals surface area contributed by atoms with Crippen LogP contribution in [0.15, 0.2) is 0 Å². The first-order valence-corrected chi connectivity index (χ1v) is 6.97. The Balaban J connectivity index is 1.92. The summed E-state index contributed by atoms with van der Waals surface area (Å²) in [5.41, 5.74) is 0. The van der Waals surface area contributed by atoms with Crippen LogP contribution in [0.25, 0.3) is 0 Å². The molecule has 2 heterocycles. The first kappa shape index (κ1) is 13.8. The van der Waals surface area contributed by atoms with Crippen molar-refractivity contribution in [2.24, 2.45) is 0 Å². The summed E-state index contributed by atoms with van der Waals surface area (Å²) in [6.45, 7) is 7.28. The van der Waals surface area contributed by atoms with E-state index in [1.54, 1.807) is 6.92 Å². The van der Waals surface area contributed by atoms with E-state index < -0.39 is 5.97 Å². The fourth-order valence-corrected chi connectivity index (χ4v) is 2.95. The van der Waals surface area contributed by atoms with Crippen molar-refractivity contribution in [3.8, 4) is 0 Å². The number of likely N-dealkylation sites (tertiary alicyclic amines) is 1. The molecule has 0 aliphatic carbocycles. The maximum atomic E-state index is 11.2. The van der Waals surface area contributed by atoms with E-state index >= 15 is 0 Å². The highest BCUT2D eigenvalue weighted by atomic mass is 16.5. The van der Waals surface area contributed by atoms with Gasteiger partial charge in [0.1, 0.15) is 6.04 Å². The third kappa shape index (κ3) is 3.43. The smallest absolute Gasteiger partial charge is 0.320 e. The average molecular weight is 256 g/mol. The number of hydrogen-bond donors (Lipinski definition) is 1. The molecule has 2 fully saturated rings. The third-order valence-corrected chi connectivity index (χ3v) is 4.10. The second-order valence-electron chi connectivity index (χ2n) is 5.31. The van der Waals surface area contributed by atoms with Crippen LogP contribution in [0.1, 0.15) is 26.2 Å². The quantitative estimate of drug-likeness (QED) is 0.800. The number of hydrogen-bond acceptors (Lipinski definition) is 4. The molecule has 2 saturated heterocycles. The van der Waals surface area contributed by atoms with Gasteiger partial charge >= 0.3 is 5.97 Å². The summed E-state index contributed by atoms with van der Waals surface area (Å²) >= 11 is 0. The molecule has 2 aliphatic rings. The Hall–Kier alpha value is -0.650. The van der Waals surface area contributed by atoms with E-state index in [-0.39, 0.29) is 6.04 Å². The molecule has 0 amide bonds. The van der Waals surface area contributed by atoms with Gasteiger partial charge in [0.05, 0.1) is 13.2 Å². The van der Waals surface area contributed by atoms with Crippen molar-refractivity contribution in [3.05, 3.63) is 0 Å². The lowest BCUT2D eigenvalue weighted by molar-refractivity contribution is -0.144. The molecule has 2 aliphatic heterocycles. The molecule has 5 heteroatoms. The lowest BCUT2D eigenvalue weighted by atomic mass is 9.99. The molecule has 0 radical (unpaired) electrons. The molecule has 0 aromatic carbocycles. The van der Waals surface area contributed by atoms with Crippen molar-refractivity contribution < 1.29 is 14.6 Å². The summed E-state index contributed by atoms with van der Waals surface area (Å²) in [6.07, 6.45) is 3.46. The largest absolute Gasteiger partial charge is 0.480 e. The van der Waals surface area contributed by atoms with Crippen LogP contribution in [-0.2, 0) is 9.53 Å². The average Bonchev–Trinajstić information content (AvgIpc) is 2.39. The zero-order chi connectivity index (χ0) is 13.0. The maximum Gasteiger partial charge on any atom is 0.320 e. The lowest BCUT2D eigenvalue weighted by Gasteiger charge is -2.41. The van der Waals surface area contributed by atoms with Crippen LogP contribution in [0.4, 0.5) is 0 Å². The van der Waals surface area contributed by atoms with Crippen LogP contribution >= 0.6 is 0 Å². The van der Waals surface area contributed by atoms with Crippen LogP contribution in [0, 0.1) is 0 Å². The molecular weight excluding hydrogens is 232 g/mol. The molecule has 0 aromatic rings. The molecule has 18 heavy (non-hydrogen) atoms. The van der Waals surface area contributed by atoms with Gasteiger partial charge in [0.2, 0.25) is 0 Å². The molecule has 1 N–H and O–H groups in total. The summed E-state index contributed by atoms with van der Waals surface area (Å²) in [5, 5.41) is 9.18. The van der Waals surface area contributed by atoms with Gasteiger partial charge in [-0.15, -0.1) is 0 Å². The minimum Gasteiger partial charge on any atom is -0.480 e. The fraction of sp³-hybridized carbons (Fsp3) is 0.923. The van der Waals surface area contributed by atoms with E-state index in [0.29, 0.717) is 6.04 Å². The SMILES string of the molecule is C[C@@H](C(=O)O)N1CCCC[C@@H]1CN1CCOCC1. The van der Waals surface area contributed by atoms with E-state index in [9.17, 15) is 9.90 Å². The minimum absolute atomic E-state index is 0.364. The Morgan fingerprint density at radius 3 is 2.72 bits per heavy atom. The normalized spacial score (nSPS) is 29.1. The van der Waals surface area contributed by atoms with Crippen molar-refractivity contribution in [1.82, 2.24) is 9.80 Å². The summed E-state index contributed by atoms with van der Waals surface area (Å²) < 4.78 is 5.35. The van der Waals surface area contributed by atoms with Crippen molar-refractivity contribution in [2.45, 2.75) is 38.3 Å². The van der Waals surface area contributed by atoms with E-state index in [1.165, 1.54) is 6.42 Å². The number of piperidine rings is 1. The highest BCUT2D eigenvalue weighted by Gasteiger charge is 2.31. The second kappa shape index (κ2) is 6.50. The first-order chi connectivity index (χ1) is 8.68. The monoisotopic (exact) mass is 256 g/mol. The summed E-state index contributed by atoms with van der Waals surface area (Å²) in [4.78, 5) is 15.7. The number of carboxylic acids is 1. The molecule has 2 atom stereocenters. The summed E-state index contributed by atoms with van der Waals surface area (Å²) in [6, 6.07) is 0.0271. The van der Waals surface area contributed by atoms with E-state index in [0.717, 1.165) is 52.2 Å². The number of nitrogens with zero attached hydrogens (tertiary/aromatic N) is 2. The molecule has 0 aromatic heterocycles. The van der Waals surface area contributed by atoms with Gasteiger partial charge in [-0.05, 0) is 26.3 Å². The third-order valence-electron chi connectivity index (χ3n) is 4.10. The van der Waals surface area contributed by atoms with Crippen molar-refractivity contribution in [3.63, 3.8) is 0 Å². The standard InChI is InChI=1S/C13H24N2O3/c1-11(13(16)17)15-5-3-2-4-12(15)10-14-6-8-18-9-7-14/h11-12H,2-10H2,1H3,(H,16,17)/t11-,12+/m0/s1. The molecule has 104 valence electrons. The molecule has 0 saturated carbocycles. The Bertz CT molecular complexity index is 279. The molecule has 0 unspecified atom stereocenters. The van der Waals surface area contributed by atoms with Gasteiger partial charge in [-0.25, -0.2) is 0 Å². The number of ether oxygens (including phenoxy) is 1. The number of carbonyl (C=O) groups is 1. The van der Waals surface area contributed by atoms with Crippen LogP contribution in [-0.4, -0.2) is 72.4 Å². The van der Waals surface area contributed by atoms with Gasteiger partial charge in [-0.1, -0.05) is 6.42 Å². The number of morpholine rings is 1. The Kier molecular flexibility index (Phi) is 4.97. The second-order valence-corrected chi connectivity index (χ2v) is 5.31. The molecule has 2 rings (SSSR count). The number of aliphatic carboxylic acids is 1. The summed E-state index contributed by atoms with van der Waals surface area (Å²) in [7, 11) is 0. The van der Waals surface area contributed by atoms with E-state index in [1.807, 2.05) is 0 Å². The highest BCUT2D eigenvalue weighted by molar-refractivity contribution is 5.72. The Morgan fingerprint density at radius 1 is 1.33 bits per heavy atom. The number of carboxylic acid groups (broad SMARTS) is 1. The van der Waals surface area contributed by atoms with Gasteiger partial charge in [0, 0.05) is 25.7 Å². The van der Waals surface area contributed by atoms with Crippen molar-refractivity contribution in [1.29, 1.82) is 0 Å². The molecule has 0 bridgehead atoms. The molecule has 5 nitrogen and oxygen atoms in total. The zero-order valence-corrected chi connectivity index (χ0v) is 11.2. The predicted molar refractivity (Wildman–Crippen MR) is 68.7 cm³/mol. The topological polar surface area (TPSA) is 53.0 Å². The van der Waals surface area contributed by atoms with Gasteiger partial charge in [0.15, 0.2) is 0 Å². The van der Waals surface area contributed by atoms with Gasteiger partial charge < -0.3 is 9.84 Å². The van der Waals surface area contributed by atoms with E-state index in [4.69, 9.17) is 4.74 Å². The zero-order valence-electron chi connectivity index (χ0n) is 11.2. The fourth-order valence-electron chi connectivity index (χ4n) is 2.95. The minimum atomic E-state index is -0.705.